The normalized spacial score (nSPS) is 22.6. The third-order valence-electron chi connectivity index (χ3n) is 7.20. The summed E-state index contributed by atoms with van der Waals surface area (Å²) in [4.78, 5) is 27.5. The van der Waals surface area contributed by atoms with Gasteiger partial charge in [0, 0.05) is 37.3 Å². The van der Waals surface area contributed by atoms with Crippen molar-refractivity contribution in [3.63, 3.8) is 0 Å². The maximum Gasteiger partial charge on any atom is 0.243 e. The zero-order valence-electron chi connectivity index (χ0n) is 19.7. The second kappa shape index (κ2) is 9.35. The molecule has 9 heteroatoms. The maximum absolute atomic E-state index is 13.5. The molecule has 5 rings (SSSR count). The average molecular weight is 500 g/mol. The number of fused-ring (bicyclic) bond motifs is 1. The van der Waals surface area contributed by atoms with E-state index in [0.717, 1.165) is 29.7 Å². The highest BCUT2D eigenvalue weighted by atomic mass is 32.2. The van der Waals surface area contributed by atoms with Crippen LogP contribution in [0.15, 0.2) is 47.4 Å². The standard InChI is InChI=1S/C26H30FN3O4S/c1-17-13-21-14-23(10-11-24(21)30(17)26(32)19-6-7-19)35(33,34)29-12-2-3-20(16-29)25(31)28-15-18-4-8-22(27)9-5-18/h4-5,8-11,14,17,19-20H,2-3,6-7,12-13,15-16H2,1H3,(H,28,31)/t17-,20+/m1/s1. The molecule has 3 aliphatic rings. The van der Waals surface area contributed by atoms with Crippen molar-refractivity contribution in [1.29, 1.82) is 0 Å². The van der Waals surface area contributed by atoms with Gasteiger partial charge in [0.25, 0.3) is 0 Å². The molecule has 2 amide bonds. The van der Waals surface area contributed by atoms with Crippen molar-refractivity contribution in [1.82, 2.24) is 9.62 Å². The molecule has 1 N–H and O–H groups in total. The Morgan fingerprint density at radius 3 is 2.51 bits per heavy atom. The Balaban J connectivity index is 1.27. The Morgan fingerprint density at radius 2 is 1.80 bits per heavy atom. The van der Waals surface area contributed by atoms with Gasteiger partial charge in [-0.1, -0.05) is 12.1 Å². The molecule has 1 aliphatic carbocycles. The molecule has 7 nitrogen and oxygen atoms in total. The fourth-order valence-electron chi connectivity index (χ4n) is 5.09. The van der Waals surface area contributed by atoms with Crippen LogP contribution in [0.4, 0.5) is 10.1 Å². The molecule has 0 radical (unpaired) electrons. The molecule has 2 aromatic carbocycles. The van der Waals surface area contributed by atoms with Gasteiger partial charge in [-0.25, -0.2) is 12.8 Å². The van der Waals surface area contributed by atoms with Gasteiger partial charge in [0.2, 0.25) is 21.8 Å². The van der Waals surface area contributed by atoms with E-state index in [2.05, 4.69) is 5.32 Å². The van der Waals surface area contributed by atoms with E-state index in [1.807, 2.05) is 11.8 Å². The lowest BCUT2D eigenvalue weighted by atomic mass is 9.99. The van der Waals surface area contributed by atoms with Crippen LogP contribution >= 0.6 is 0 Å². The number of hydrogen-bond donors (Lipinski definition) is 1. The summed E-state index contributed by atoms with van der Waals surface area (Å²) in [5, 5.41) is 2.85. The van der Waals surface area contributed by atoms with Gasteiger partial charge in [-0.05, 0) is 80.5 Å². The first-order valence-corrected chi connectivity index (χ1v) is 13.7. The van der Waals surface area contributed by atoms with Crippen molar-refractivity contribution >= 4 is 27.5 Å². The number of carbonyl (C=O) groups is 2. The van der Waals surface area contributed by atoms with E-state index in [1.54, 1.807) is 30.3 Å². The first-order chi connectivity index (χ1) is 16.7. The lowest BCUT2D eigenvalue weighted by molar-refractivity contribution is -0.126. The summed E-state index contributed by atoms with van der Waals surface area (Å²) in [7, 11) is -3.77. The summed E-state index contributed by atoms with van der Waals surface area (Å²) in [6, 6.07) is 11.0. The van der Waals surface area contributed by atoms with E-state index in [4.69, 9.17) is 0 Å². The molecule has 2 atom stereocenters. The largest absolute Gasteiger partial charge is 0.352 e. The van der Waals surface area contributed by atoms with Crippen LogP contribution in [0.2, 0.25) is 0 Å². The number of piperidine rings is 1. The number of anilines is 1. The summed E-state index contributed by atoms with van der Waals surface area (Å²) in [5.41, 5.74) is 2.46. The fraction of sp³-hybridized carbons (Fsp3) is 0.462. The first-order valence-electron chi connectivity index (χ1n) is 12.2. The molecule has 0 spiro atoms. The molecule has 0 unspecified atom stereocenters. The maximum atomic E-state index is 13.5. The van der Waals surface area contributed by atoms with Gasteiger partial charge in [-0.2, -0.15) is 4.31 Å². The molecule has 2 aromatic rings. The van der Waals surface area contributed by atoms with Crippen LogP contribution in [0, 0.1) is 17.7 Å². The third kappa shape index (κ3) is 4.84. The second-order valence-corrected chi connectivity index (χ2v) is 11.8. The van der Waals surface area contributed by atoms with Crippen molar-refractivity contribution in [2.75, 3.05) is 18.0 Å². The zero-order valence-corrected chi connectivity index (χ0v) is 20.6. The van der Waals surface area contributed by atoms with Crippen LogP contribution in [0.1, 0.15) is 43.7 Å². The number of hydrogen-bond acceptors (Lipinski definition) is 4. The lowest BCUT2D eigenvalue weighted by Crippen LogP contribution is -2.45. The number of halogens is 1. The van der Waals surface area contributed by atoms with Crippen molar-refractivity contribution in [3.8, 4) is 0 Å². The highest BCUT2D eigenvalue weighted by molar-refractivity contribution is 7.89. The van der Waals surface area contributed by atoms with Gasteiger partial charge in [0.1, 0.15) is 5.82 Å². The number of carbonyl (C=O) groups excluding carboxylic acids is 2. The van der Waals surface area contributed by atoms with Crippen LogP contribution in [-0.4, -0.2) is 43.7 Å². The smallest absolute Gasteiger partial charge is 0.243 e. The van der Waals surface area contributed by atoms with E-state index in [9.17, 15) is 22.4 Å². The minimum absolute atomic E-state index is 0.0141. The first kappa shape index (κ1) is 23.9. The monoisotopic (exact) mass is 499 g/mol. The molecular weight excluding hydrogens is 469 g/mol. The van der Waals surface area contributed by atoms with Gasteiger partial charge in [-0.3, -0.25) is 9.59 Å². The van der Waals surface area contributed by atoms with Gasteiger partial charge in [-0.15, -0.1) is 0 Å². The lowest BCUT2D eigenvalue weighted by Gasteiger charge is -2.31. The molecule has 1 saturated heterocycles. The Hall–Kier alpha value is -2.78. The van der Waals surface area contributed by atoms with E-state index in [1.165, 1.54) is 16.4 Å². The van der Waals surface area contributed by atoms with Gasteiger partial charge in [0.15, 0.2) is 0 Å². The summed E-state index contributed by atoms with van der Waals surface area (Å²) >= 11 is 0. The van der Waals surface area contributed by atoms with Crippen molar-refractivity contribution < 1.29 is 22.4 Å². The van der Waals surface area contributed by atoms with Crippen LogP contribution in [0.25, 0.3) is 0 Å². The van der Waals surface area contributed by atoms with E-state index in [-0.39, 0.29) is 47.6 Å². The number of sulfonamides is 1. The molecule has 0 bridgehead atoms. The quantitative estimate of drug-likeness (QED) is 0.661. The molecule has 186 valence electrons. The number of rotatable bonds is 6. The summed E-state index contributed by atoms with van der Waals surface area (Å²) in [6.45, 7) is 2.75. The van der Waals surface area contributed by atoms with E-state index >= 15 is 0 Å². The third-order valence-corrected chi connectivity index (χ3v) is 9.06. The van der Waals surface area contributed by atoms with Crippen molar-refractivity contribution in [2.24, 2.45) is 11.8 Å². The number of nitrogens with zero attached hydrogens (tertiary/aromatic N) is 2. The average Bonchev–Trinajstić information content (AvgIpc) is 3.65. The summed E-state index contributed by atoms with van der Waals surface area (Å²) in [5.74, 6) is -0.744. The number of nitrogens with one attached hydrogen (secondary N) is 1. The summed E-state index contributed by atoms with van der Waals surface area (Å²) in [6.07, 6.45) is 3.70. The van der Waals surface area contributed by atoms with Crippen LogP contribution in [0.3, 0.4) is 0 Å². The molecule has 1 saturated carbocycles. The number of amides is 2. The summed E-state index contributed by atoms with van der Waals surface area (Å²) < 4.78 is 41.4. The predicted molar refractivity (Wildman–Crippen MR) is 130 cm³/mol. The Kier molecular flexibility index (Phi) is 6.40. The van der Waals surface area contributed by atoms with E-state index in [0.29, 0.717) is 25.8 Å². The minimum atomic E-state index is -3.77. The molecule has 35 heavy (non-hydrogen) atoms. The molecule has 2 fully saturated rings. The van der Waals surface area contributed by atoms with Crippen LogP contribution < -0.4 is 10.2 Å². The second-order valence-electron chi connectivity index (χ2n) is 9.87. The zero-order chi connectivity index (χ0) is 24.7. The predicted octanol–water partition coefficient (Wildman–Crippen LogP) is 3.23. The SMILES string of the molecule is C[C@@H]1Cc2cc(S(=O)(=O)N3CCC[C@H](C(=O)NCc4ccc(F)cc4)C3)ccc2N1C(=O)C1CC1. The van der Waals surface area contributed by atoms with Gasteiger partial charge < -0.3 is 10.2 Å². The topological polar surface area (TPSA) is 86.8 Å². The molecule has 2 aliphatic heterocycles. The molecular formula is C26H30FN3O4S. The molecule has 2 heterocycles. The molecule has 0 aromatic heterocycles. The van der Waals surface area contributed by atoms with Crippen molar-refractivity contribution in [2.45, 2.75) is 56.5 Å². The van der Waals surface area contributed by atoms with Gasteiger partial charge in [0.05, 0.1) is 10.8 Å². The Bertz CT molecular complexity index is 1240. The van der Waals surface area contributed by atoms with E-state index < -0.39 is 15.9 Å². The Morgan fingerprint density at radius 1 is 1.06 bits per heavy atom. The highest BCUT2D eigenvalue weighted by Gasteiger charge is 2.40. The minimum Gasteiger partial charge on any atom is -0.352 e. The fourth-order valence-corrected chi connectivity index (χ4v) is 6.67. The Labute approximate surface area is 205 Å². The van der Waals surface area contributed by atoms with Crippen LogP contribution in [0.5, 0.6) is 0 Å². The number of benzene rings is 2. The van der Waals surface area contributed by atoms with Crippen LogP contribution in [-0.2, 0) is 32.6 Å². The highest BCUT2D eigenvalue weighted by Crippen LogP contribution is 2.40. The van der Waals surface area contributed by atoms with Gasteiger partial charge >= 0.3 is 0 Å². The van der Waals surface area contributed by atoms with Crippen molar-refractivity contribution in [3.05, 3.63) is 59.4 Å².